The van der Waals surface area contributed by atoms with Crippen LogP contribution in [0.25, 0.3) is 10.9 Å². The molecule has 1 aromatic heterocycles. The van der Waals surface area contributed by atoms with Gasteiger partial charge in [-0.3, -0.25) is 4.79 Å². The van der Waals surface area contributed by atoms with Crippen molar-refractivity contribution in [3.05, 3.63) is 35.0 Å². The van der Waals surface area contributed by atoms with Crippen molar-refractivity contribution in [2.45, 2.75) is 25.8 Å². The zero-order valence-electron chi connectivity index (χ0n) is 11.7. The van der Waals surface area contributed by atoms with E-state index in [9.17, 15) is 4.79 Å². The summed E-state index contributed by atoms with van der Waals surface area (Å²) in [6.07, 6.45) is 1.32. The molecule has 2 N–H and O–H groups in total. The lowest BCUT2D eigenvalue weighted by atomic mass is 10.1. The SMILES string of the molecule is CCC(CCO)NC(=O)c1c(Cl)c2ccccc2n1C. The maximum absolute atomic E-state index is 12.4. The number of carbonyl (C=O) groups excluding carboxylic acids is 1. The van der Waals surface area contributed by atoms with E-state index < -0.39 is 0 Å². The number of halogens is 1. The maximum Gasteiger partial charge on any atom is 0.269 e. The van der Waals surface area contributed by atoms with Crippen LogP contribution in [0.4, 0.5) is 0 Å². The third-order valence-electron chi connectivity index (χ3n) is 3.57. The van der Waals surface area contributed by atoms with Crippen LogP contribution in [0.2, 0.25) is 5.02 Å². The van der Waals surface area contributed by atoms with Crippen LogP contribution < -0.4 is 5.32 Å². The monoisotopic (exact) mass is 294 g/mol. The summed E-state index contributed by atoms with van der Waals surface area (Å²) in [6.45, 7) is 2.03. The molecule has 0 spiro atoms. The van der Waals surface area contributed by atoms with Gasteiger partial charge in [0.25, 0.3) is 5.91 Å². The van der Waals surface area contributed by atoms with Crippen LogP contribution in [0, 0.1) is 0 Å². The number of aryl methyl sites for hydroxylation is 1. The molecule has 0 bridgehead atoms. The molecule has 1 heterocycles. The molecule has 0 radical (unpaired) electrons. The van der Waals surface area contributed by atoms with Gasteiger partial charge in [-0.2, -0.15) is 0 Å². The molecule has 1 aromatic carbocycles. The molecule has 108 valence electrons. The van der Waals surface area contributed by atoms with E-state index in [1.165, 1.54) is 0 Å². The quantitative estimate of drug-likeness (QED) is 0.891. The molecule has 1 amide bonds. The van der Waals surface area contributed by atoms with Gasteiger partial charge < -0.3 is 15.0 Å². The Morgan fingerprint density at radius 3 is 2.75 bits per heavy atom. The number of nitrogens with one attached hydrogen (secondary N) is 1. The van der Waals surface area contributed by atoms with Crippen molar-refractivity contribution in [1.82, 2.24) is 9.88 Å². The molecule has 0 aliphatic rings. The van der Waals surface area contributed by atoms with Crippen LogP contribution in [0.3, 0.4) is 0 Å². The lowest BCUT2D eigenvalue weighted by molar-refractivity contribution is 0.0921. The predicted octanol–water partition coefficient (Wildman–Crippen LogP) is 2.72. The molecule has 0 fully saturated rings. The Morgan fingerprint density at radius 2 is 2.15 bits per heavy atom. The molecule has 0 aliphatic carbocycles. The lowest BCUT2D eigenvalue weighted by Crippen LogP contribution is -2.36. The number of aliphatic hydroxyl groups excluding tert-OH is 1. The maximum atomic E-state index is 12.4. The number of nitrogens with zero attached hydrogens (tertiary/aromatic N) is 1. The molecular formula is C15H19ClN2O2. The van der Waals surface area contributed by atoms with Crippen LogP contribution in [-0.2, 0) is 7.05 Å². The summed E-state index contributed by atoms with van der Waals surface area (Å²) in [4.78, 5) is 12.4. The Bertz CT molecular complexity index is 583. The van der Waals surface area contributed by atoms with Crippen molar-refractivity contribution in [1.29, 1.82) is 0 Å². The van der Waals surface area contributed by atoms with E-state index in [0.717, 1.165) is 17.3 Å². The zero-order valence-corrected chi connectivity index (χ0v) is 12.4. The average molecular weight is 295 g/mol. The van der Waals surface area contributed by atoms with E-state index in [4.69, 9.17) is 16.7 Å². The van der Waals surface area contributed by atoms with Gasteiger partial charge in [0, 0.05) is 30.6 Å². The first-order chi connectivity index (χ1) is 9.60. The number of rotatable bonds is 5. The summed E-state index contributed by atoms with van der Waals surface area (Å²) >= 11 is 6.33. The van der Waals surface area contributed by atoms with Crippen molar-refractivity contribution < 1.29 is 9.90 Å². The normalized spacial score (nSPS) is 12.6. The Morgan fingerprint density at radius 1 is 1.45 bits per heavy atom. The van der Waals surface area contributed by atoms with E-state index >= 15 is 0 Å². The number of carbonyl (C=O) groups is 1. The summed E-state index contributed by atoms with van der Waals surface area (Å²) in [5.74, 6) is -0.200. The molecule has 5 heteroatoms. The minimum atomic E-state index is -0.200. The standard InChI is InChI=1S/C15H19ClN2O2/c1-3-10(8-9-19)17-15(20)14-13(16)11-6-4-5-7-12(11)18(14)2/h4-7,10,19H,3,8-9H2,1-2H3,(H,17,20). The second-order valence-corrected chi connectivity index (χ2v) is 5.21. The van der Waals surface area contributed by atoms with Gasteiger partial charge in [-0.05, 0) is 18.9 Å². The lowest BCUT2D eigenvalue weighted by Gasteiger charge is -2.16. The Labute approximate surface area is 123 Å². The highest BCUT2D eigenvalue weighted by molar-refractivity contribution is 6.38. The molecular weight excluding hydrogens is 276 g/mol. The third kappa shape index (κ3) is 2.67. The highest BCUT2D eigenvalue weighted by Crippen LogP contribution is 2.29. The number of amides is 1. The fourth-order valence-electron chi connectivity index (χ4n) is 2.39. The van der Waals surface area contributed by atoms with E-state index in [0.29, 0.717) is 17.1 Å². The fraction of sp³-hybridized carbons (Fsp3) is 0.400. The van der Waals surface area contributed by atoms with Crippen LogP contribution in [-0.4, -0.2) is 28.2 Å². The van der Waals surface area contributed by atoms with Gasteiger partial charge in [0.1, 0.15) is 5.69 Å². The smallest absolute Gasteiger partial charge is 0.269 e. The number of benzene rings is 1. The first-order valence-electron chi connectivity index (χ1n) is 6.74. The number of para-hydroxylation sites is 1. The number of hydrogen-bond donors (Lipinski definition) is 2. The zero-order chi connectivity index (χ0) is 14.7. The minimum Gasteiger partial charge on any atom is -0.396 e. The number of fused-ring (bicyclic) bond motifs is 1. The van der Waals surface area contributed by atoms with E-state index in [1.807, 2.05) is 38.2 Å². The molecule has 1 atom stereocenters. The van der Waals surface area contributed by atoms with E-state index in [-0.39, 0.29) is 18.6 Å². The molecule has 1 unspecified atom stereocenters. The largest absolute Gasteiger partial charge is 0.396 e. The number of aliphatic hydroxyl groups is 1. The molecule has 20 heavy (non-hydrogen) atoms. The first-order valence-corrected chi connectivity index (χ1v) is 7.12. The first kappa shape index (κ1) is 14.9. The summed E-state index contributed by atoms with van der Waals surface area (Å²) in [6, 6.07) is 7.61. The van der Waals surface area contributed by atoms with E-state index in [2.05, 4.69) is 5.32 Å². The Kier molecular flexibility index (Phi) is 4.68. The molecule has 2 aromatic rings. The highest BCUT2D eigenvalue weighted by Gasteiger charge is 2.21. The van der Waals surface area contributed by atoms with Gasteiger partial charge in [-0.25, -0.2) is 0 Å². The molecule has 0 saturated carbocycles. The van der Waals surface area contributed by atoms with Crippen molar-refractivity contribution in [2.75, 3.05) is 6.61 Å². The van der Waals surface area contributed by atoms with Gasteiger partial charge in [0.2, 0.25) is 0 Å². The predicted molar refractivity (Wildman–Crippen MR) is 81.2 cm³/mol. The van der Waals surface area contributed by atoms with Crippen LogP contribution >= 0.6 is 11.6 Å². The van der Waals surface area contributed by atoms with Gasteiger partial charge in [-0.15, -0.1) is 0 Å². The summed E-state index contributed by atoms with van der Waals surface area (Å²) in [5.41, 5.74) is 1.39. The summed E-state index contributed by atoms with van der Waals surface area (Å²) < 4.78 is 1.80. The van der Waals surface area contributed by atoms with Gasteiger partial charge in [0.05, 0.1) is 5.02 Å². The second kappa shape index (κ2) is 6.29. The summed E-state index contributed by atoms with van der Waals surface area (Å²) in [5, 5.41) is 13.3. The minimum absolute atomic E-state index is 0.0402. The van der Waals surface area contributed by atoms with Crippen LogP contribution in [0.5, 0.6) is 0 Å². The molecule has 0 aliphatic heterocycles. The number of hydrogen-bond acceptors (Lipinski definition) is 2. The van der Waals surface area contributed by atoms with Crippen LogP contribution in [0.1, 0.15) is 30.3 Å². The van der Waals surface area contributed by atoms with Crippen molar-refractivity contribution >= 4 is 28.4 Å². The van der Waals surface area contributed by atoms with Crippen molar-refractivity contribution in [2.24, 2.45) is 7.05 Å². The third-order valence-corrected chi connectivity index (χ3v) is 3.95. The molecule has 4 nitrogen and oxygen atoms in total. The molecule has 0 saturated heterocycles. The average Bonchev–Trinajstić information content (AvgIpc) is 2.71. The molecule has 2 rings (SSSR count). The van der Waals surface area contributed by atoms with Gasteiger partial charge in [-0.1, -0.05) is 36.7 Å². The summed E-state index contributed by atoms with van der Waals surface area (Å²) in [7, 11) is 1.83. The van der Waals surface area contributed by atoms with Crippen molar-refractivity contribution in [3.63, 3.8) is 0 Å². The van der Waals surface area contributed by atoms with Gasteiger partial charge >= 0.3 is 0 Å². The Balaban J connectivity index is 2.35. The topological polar surface area (TPSA) is 54.3 Å². The van der Waals surface area contributed by atoms with E-state index in [1.54, 1.807) is 4.57 Å². The fourth-order valence-corrected chi connectivity index (χ4v) is 2.76. The highest BCUT2D eigenvalue weighted by atomic mass is 35.5. The Hall–Kier alpha value is -1.52. The van der Waals surface area contributed by atoms with Crippen LogP contribution in [0.15, 0.2) is 24.3 Å². The van der Waals surface area contributed by atoms with Gasteiger partial charge in [0.15, 0.2) is 0 Å². The van der Waals surface area contributed by atoms with Crippen molar-refractivity contribution in [3.8, 4) is 0 Å². The second-order valence-electron chi connectivity index (χ2n) is 4.83. The number of aromatic nitrogens is 1.